The average Bonchev–Trinajstić information content (AvgIpc) is 2.40. The maximum Gasteiger partial charge on any atom is 0.225 e. The van der Waals surface area contributed by atoms with Gasteiger partial charge >= 0.3 is 0 Å². The lowest BCUT2D eigenvalue weighted by Gasteiger charge is -2.31. The predicted octanol–water partition coefficient (Wildman–Crippen LogP) is 2.45. The smallest absolute Gasteiger partial charge is 0.225 e. The number of nitrogens with zero attached hydrogens (tertiary/aromatic N) is 1. The maximum atomic E-state index is 12.3. The molecule has 0 spiro atoms. The van der Waals surface area contributed by atoms with Crippen molar-refractivity contribution in [2.24, 2.45) is 11.8 Å². The van der Waals surface area contributed by atoms with Gasteiger partial charge in [0.15, 0.2) is 0 Å². The summed E-state index contributed by atoms with van der Waals surface area (Å²) in [6.45, 7) is 3.00. The summed E-state index contributed by atoms with van der Waals surface area (Å²) in [5.41, 5.74) is 0. The summed E-state index contributed by atoms with van der Waals surface area (Å²) >= 11 is 0. The van der Waals surface area contributed by atoms with E-state index < -0.39 is 0 Å². The molecule has 2 aliphatic rings. The lowest BCUT2D eigenvalue weighted by molar-refractivity contribution is -0.135. The number of piperidine rings is 1. The normalized spacial score (nSPS) is 22.3. The van der Waals surface area contributed by atoms with Gasteiger partial charge in [0.1, 0.15) is 0 Å². The van der Waals surface area contributed by atoms with Crippen LogP contribution in [0, 0.1) is 11.8 Å². The highest BCUT2D eigenvalue weighted by molar-refractivity contribution is 5.85. The second-order valence-electron chi connectivity index (χ2n) is 5.75. The van der Waals surface area contributed by atoms with Gasteiger partial charge in [0.2, 0.25) is 5.91 Å². The molecule has 2 fully saturated rings. The summed E-state index contributed by atoms with van der Waals surface area (Å²) in [6.07, 6.45) is 8.80. The van der Waals surface area contributed by atoms with E-state index >= 15 is 0 Å². The largest absolute Gasteiger partial charge is 0.345 e. The van der Waals surface area contributed by atoms with Crippen molar-refractivity contribution in [3.8, 4) is 0 Å². The van der Waals surface area contributed by atoms with Gasteiger partial charge in [0.25, 0.3) is 0 Å². The van der Waals surface area contributed by atoms with E-state index in [2.05, 4.69) is 5.32 Å². The van der Waals surface area contributed by atoms with Crippen LogP contribution in [0.1, 0.15) is 44.9 Å². The molecule has 0 bridgehead atoms. The summed E-state index contributed by atoms with van der Waals surface area (Å²) in [5.74, 6) is 1.43. The van der Waals surface area contributed by atoms with E-state index in [-0.39, 0.29) is 18.3 Å². The molecule has 3 nitrogen and oxygen atoms in total. The second kappa shape index (κ2) is 8.00. The molecule has 106 valence electrons. The first-order chi connectivity index (χ1) is 8.27. The summed E-state index contributed by atoms with van der Waals surface area (Å²) in [5, 5.41) is 3.32. The van der Waals surface area contributed by atoms with Crippen molar-refractivity contribution in [2.75, 3.05) is 26.7 Å². The standard InChI is InChI=1S/C14H26N2O.ClH/c1-16(11-12-5-3-2-4-6-12)14(17)13-7-9-15-10-8-13;/h12-13,15H,2-11H2,1H3;1H. The van der Waals surface area contributed by atoms with E-state index in [4.69, 9.17) is 0 Å². The molecule has 1 heterocycles. The van der Waals surface area contributed by atoms with Crippen LogP contribution in [-0.2, 0) is 4.79 Å². The van der Waals surface area contributed by atoms with Crippen LogP contribution in [0.4, 0.5) is 0 Å². The van der Waals surface area contributed by atoms with E-state index in [1.54, 1.807) is 0 Å². The van der Waals surface area contributed by atoms with E-state index in [0.29, 0.717) is 5.91 Å². The Hall–Kier alpha value is -0.280. The molecule has 0 aromatic heterocycles. The first-order valence-corrected chi connectivity index (χ1v) is 7.23. The molecule has 0 atom stereocenters. The van der Waals surface area contributed by atoms with Crippen molar-refractivity contribution in [1.82, 2.24) is 10.2 Å². The van der Waals surface area contributed by atoms with Gasteiger partial charge in [-0.05, 0) is 44.7 Å². The first-order valence-electron chi connectivity index (χ1n) is 7.23. The van der Waals surface area contributed by atoms with Crippen molar-refractivity contribution >= 4 is 18.3 Å². The SMILES string of the molecule is CN(CC1CCCCC1)C(=O)C1CCNCC1.Cl. The van der Waals surface area contributed by atoms with E-state index in [1.807, 2.05) is 11.9 Å². The van der Waals surface area contributed by atoms with Crippen LogP contribution in [0.5, 0.6) is 0 Å². The fraction of sp³-hybridized carbons (Fsp3) is 0.929. The molecule has 18 heavy (non-hydrogen) atoms. The first kappa shape index (κ1) is 15.8. The highest BCUT2D eigenvalue weighted by atomic mass is 35.5. The van der Waals surface area contributed by atoms with Crippen molar-refractivity contribution in [1.29, 1.82) is 0 Å². The Balaban J connectivity index is 0.00000162. The molecule has 0 aromatic rings. The number of amides is 1. The molecular formula is C14H27ClN2O. The van der Waals surface area contributed by atoms with Crippen LogP contribution < -0.4 is 5.32 Å². The van der Waals surface area contributed by atoms with Crippen LogP contribution in [0.15, 0.2) is 0 Å². The van der Waals surface area contributed by atoms with Gasteiger partial charge in [-0.1, -0.05) is 19.3 Å². The predicted molar refractivity (Wildman–Crippen MR) is 77.1 cm³/mol. The lowest BCUT2D eigenvalue weighted by atomic mass is 9.88. The lowest BCUT2D eigenvalue weighted by Crippen LogP contribution is -2.41. The summed E-state index contributed by atoms with van der Waals surface area (Å²) in [7, 11) is 2.00. The third-order valence-corrected chi connectivity index (χ3v) is 4.32. The third kappa shape index (κ3) is 4.43. The molecule has 1 saturated heterocycles. The Kier molecular flexibility index (Phi) is 7.02. The Morgan fingerprint density at radius 1 is 1.11 bits per heavy atom. The van der Waals surface area contributed by atoms with Crippen molar-refractivity contribution < 1.29 is 4.79 Å². The molecule has 1 aliphatic heterocycles. The van der Waals surface area contributed by atoms with Crippen molar-refractivity contribution in [2.45, 2.75) is 44.9 Å². The van der Waals surface area contributed by atoms with Gasteiger partial charge in [0.05, 0.1) is 0 Å². The van der Waals surface area contributed by atoms with Gasteiger partial charge in [-0.15, -0.1) is 12.4 Å². The Morgan fingerprint density at radius 3 is 2.33 bits per heavy atom. The van der Waals surface area contributed by atoms with Gasteiger partial charge in [-0.2, -0.15) is 0 Å². The molecule has 1 saturated carbocycles. The second-order valence-corrected chi connectivity index (χ2v) is 5.75. The number of hydrogen-bond acceptors (Lipinski definition) is 2. The molecule has 0 aromatic carbocycles. The van der Waals surface area contributed by atoms with Crippen LogP contribution in [0.2, 0.25) is 0 Å². The molecule has 1 amide bonds. The number of carbonyl (C=O) groups excluding carboxylic acids is 1. The molecule has 0 radical (unpaired) electrons. The van der Waals surface area contributed by atoms with Crippen LogP contribution >= 0.6 is 12.4 Å². The average molecular weight is 275 g/mol. The minimum atomic E-state index is 0. The molecule has 1 aliphatic carbocycles. The van der Waals surface area contributed by atoms with Crippen LogP contribution in [0.25, 0.3) is 0 Å². The zero-order valence-electron chi connectivity index (χ0n) is 11.5. The van der Waals surface area contributed by atoms with E-state index in [9.17, 15) is 4.79 Å². The van der Waals surface area contributed by atoms with Crippen LogP contribution in [-0.4, -0.2) is 37.5 Å². The molecular weight excluding hydrogens is 248 g/mol. The molecule has 2 rings (SSSR count). The highest BCUT2D eigenvalue weighted by Crippen LogP contribution is 2.25. The van der Waals surface area contributed by atoms with Gasteiger partial charge < -0.3 is 10.2 Å². The Bertz CT molecular complexity index is 248. The minimum Gasteiger partial charge on any atom is -0.345 e. The molecule has 1 N–H and O–H groups in total. The number of halogens is 1. The Morgan fingerprint density at radius 2 is 1.72 bits per heavy atom. The summed E-state index contributed by atoms with van der Waals surface area (Å²) < 4.78 is 0. The fourth-order valence-electron chi connectivity index (χ4n) is 3.23. The third-order valence-electron chi connectivity index (χ3n) is 4.32. The fourth-order valence-corrected chi connectivity index (χ4v) is 3.23. The van der Waals surface area contributed by atoms with Gasteiger partial charge in [-0.25, -0.2) is 0 Å². The number of nitrogens with one attached hydrogen (secondary N) is 1. The van der Waals surface area contributed by atoms with Crippen molar-refractivity contribution in [3.05, 3.63) is 0 Å². The Labute approximate surface area is 117 Å². The summed E-state index contributed by atoms with van der Waals surface area (Å²) in [6, 6.07) is 0. The molecule has 0 unspecified atom stereocenters. The quantitative estimate of drug-likeness (QED) is 0.857. The number of hydrogen-bond donors (Lipinski definition) is 1. The summed E-state index contributed by atoms with van der Waals surface area (Å²) in [4.78, 5) is 14.3. The van der Waals surface area contributed by atoms with Crippen molar-refractivity contribution in [3.63, 3.8) is 0 Å². The molecule has 4 heteroatoms. The topological polar surface area (TPSA) is 32.3 Å². The monoisotopic (exact) mass is 274 g/mol. The van der Waals surface area contributed by atoms with Crippen LogP contribution in [0.3, 0.4) is 0 Å². The number of rotatable bonds is 3. The highest BCUT2D eigenvalue weighted by Gasteiger charge is 2.25. The zero-order valence-corrected chi connectivity index (χ0v) is 12.3. The van der Waals surface area contributed by atoms with E-state index in [0.717, 1.165) is 38.4 Å². The zero-order chi connectivity index (χ0) is 12.1. The maximum absolute atomic E-state index is 12.3. The minimum absolute atomic E-state index is 0. The van der Waals surface area contributed by atoms with Gasteiger partial charge in [-0.3, -0.25) is 4.79 Å². The number of carbonyl (C=O) groups is 1. The van der Waals surface area contributed by atoms with E-state index in [1.165, 1.54) is 32.1 Å². The van der Waals surface area contributed by atoms with Gasteiger partial charge in [0, 0.05) is 19.5 Å².